The number of rotatable bonds is 9. The number of halogens is 1. The Morgan fingerprint density at radius 1 is 0.966 bits per heavy atom. The second kappa shape index (κ2) is 16.7. The highest BCUT2D eigenvalue weighted by atomic mass is 35.5. The fraction of sp³-hybridized carbons (Fsp3) is 0.500. The minimum Gasteiger partial charge on any atom is -0.494 e. The van der Waals surface area contributed by atoms with Gasteiger partial charge in [-0.25, -0.2) is 9.78 Å². The Kier molecular flexibility index (Phi) is 11.5. The zero-order valence-electron chi connectivity index (χ0n) is 33.6. The fourth-order valence-corrected chi connectivity index (χ4v) is 10.1. The van der Waals surface area contributed by atoms with E-state index in [1.807, 2.05) is 36.1 Å². The molecule has 2 aromatic carbocycles. The molecule has 58 heavy (non-hydrogen) atoms. The van der Waals surface area contributed by atoms with Crippen LogP contribution in [0.25, 0.3) is 10.9 Å². The molecule has 2 aliphatic carbocycles. The van der Waals surface area contributed by atoms with Crippen LogP contribution in [0.2, 0.25) is 5.02 Å². The second-order valence-corrected chi connectivity index (χ2v) is 17.0. The van der Waals surface area contributed by atoms with Gasteiger partial charge in [0.2, 0.25) is 5.91 Å². The average molecular weight is 809 g/mol. The molecule has 306 valence electrons. The second-order valence-electron chi connectivity index (χ2n) is 16.6. The molecule has 2 N–H and O–H groups in total. The van der Waals surface area contributed by atoms with Gasteiger partial charge in [0.1, 0.15) is 11.4 Å². The zero-order valence-corrected chi connectivity index (χ0v) is 34.4. The molecule has 0 bridgehead atoms. The minimum absolute atomic E-state index is 0.0458. The molecule has 4 aliphatic rings. The van der Waals surface area contributed by atoms with Crippen molar-refractivity contribution < 1.29 is 23.9 Å². The van der Waals surface area contributed by atoms with Crippen LogP contribution in [0.5, 0.6) is 5.75 Å². The summed E-state index contributed by atoms with van der Waals surface area (Å²) in [5.74, 6) is -0.0776. The van der Waals surface area contributed by atoms with Crippen molar-refractivity contribution in [2.24, 2.45) is 5.41 Å². The number of amides is 5. The van der Waals surface area contributed by atoms with Crippen LogP contribution in [0, 0.1) is 12.3 Å². The Morgan fingerprint density at radius 2 is 1.71 bits per heavy atom. The number of hydrogen-bond donors (Lipinski definition) is 2. The van der Waals surface area contributed by atoms with Crippen LogP contribution in [-0.4, -0.2) is 93.7 Å². The first-order valence-electron chi connectivity index (χ1n) is 20.8. The summed E-state index contributed by atoms with van der Waals surface area (Å²) >= 11 is 6.45. The summed E-state index contributed by atoms with van der Waals surface area (Å²) in [6, 6.07) is 15.2. The molecule has 2 aliphatic heterocycles. The number of benzene rings is 2. The van der Waals surface area contributed by atoms with Gasteiger partial charge < -0.3 is 15.0 Å². The monoisotopic (exact) mass is 808 g/mol. The fourth-order valence-electron chi connectivity index (χ4n) is 9.91. The first-order valence-corrected chi connectivity index (χ1v) is 21.2. The minimum atomic E-state index is -0.519. The highest BCUT2D eigenvalue weighted by Gasteiger charge is 2.42. The molecule has 2 aromatic heterocycles. The molecule has 0 atom stereocenters. The van der Waals surface area contributed by atoms with Crippen LogP contribution in [0.15, 0.2) is 54.7 Å². The van der Waals surface area contributed by atoms with Crippen LogP contribution in [0.4, 0.5) is 16.2 Å². The molecule has 4 heterocycles. The first kappa shape index (κ1) is 39.8. The number of aryl methyl sites for hydroxylation is 1. The third-order valence-electron chi connectivity index (χ3n) is 13.2. The van der Waals surface area contributed by atoms with Crippen molar-refractivity contribution in [3.05, 3.63) is 76.7 Å². The number of hydrogen-bond acceptors (Lipinski definition) is 8. The van der Waals surface area contributed by atoms with Gasteiger partial charge in [0.15, 0.2) is 0 Å². The van der Waals surface area contributed by atoms with E-state index in [4.69, 9.17) is 21.4 Å². The number of urea groups is 1. The molecule has 4 fully saturated rings. The molecule has 0 radical (unpaired) electrons. The van der Waals surface area contributed by atoms with E-state index in [1.54, 1.807) is 31.4 Å². The van der Waals surface area contributed by atoms with Gasteiger partial charge in [-0.05, 0) is 119 Å². The SMILES string of the molecule is CCN(C1CCC2(CC1)CCN(C(=O)c1ccc(Cl)c(N3CCC(=O)NC3=O)c1)CC2)[C@H]1CC[C@H](n2cc3cc(NC(=O)c4cccc(C)n4)c(OC)cc3n2)CC1. The lowest BCUT2D eigenvalue weighted by molar-refractivity contribution is -0.120. The van der Waals surface area contributed by atoms with Crippen LogP contribution in [0.1, 0.15) is 110 Å². The lowest BCUT2D eigenvalue weighted by Gasteiger charge is -2.49. The highest BCUT2D eigenvalue weighted by molar-refractivity contribution is 6.34. The maximum absolute atomic E-state index is 13.7. The molecular formula is C44H53ClN8O5. The summed E-state index contributed by atoms with van der Waals surface area (Å²) in [5, 5.41) is 11.6. The topological polar surface area (TPSA) is 142 Å². The molecule has 4 aromatic rings. The van der Waals surface area contributed by atoms with Crippen LogP contribution in [0.3, 0.4) is 0 Å². The molecule has 13 nitrogen and oxygen atoms in total. The Morgan fingerprint density at radius 3 is 2.40 bits per heavy atom. The smallest absolute Gasteiger partial charge is 0.328 e. The lowest BCUT2D eigenvalue weighted by Crippen LogP contribution is -2.50. The van der Waals surface area contributed by atoms with E-state index in [1.165, 1.54) is 30.6 Å². The van der Waals surface area contributed by atoms with Gasteiger partial charge in [-0.2, -0.15) is 5.10 Å². The Bertz CT molecular complexity index is 2200. The third kappa shape index (κ3) is 8.16. The maximum atomic E-state index is 13.7. The number of anilines is 2. The van der Waals surface area contributed by atoms with Gasteiger partial charge in [0.25, 0.3) is 11.8 Å². The van der Waals surface area contributed by atoms with Crippen LogP contribution in [-0.2, 0) is 4.79 Å². The highest BCUT2D eigenvalue weighted by Crippen LogP contribution is 2.47. The van der Waals surface area contributed by atoms with E-state index in [0.29, 0.717) is 51.5 Å². The van der Waals surface area contributed by atoms with E-state index < -0.39 is 6.03 Å². The number of pyridine rings is 1. The van der Waals surface area contributed by atoms with Crippen molar-refractivity contribution in [1.82, 2.24) is 29.9 Å². The molecule has 2 saturated heterocycles. The number of carbonyl (C=O) groups excluding carboxylic acids is 4. The molecule has 1 spiro atoms. The number of nitrogens with one attached hydrogen (secondary N) is 2. The summed E-state index contributed by atoms with van der Waals surface area (Å²) in [7, 11) is 1.60. The predicted molar refractivity (Wildman–Crippen MR) is 224 cm³/mol. The van der Waals surface area contributed by atoms with Gasteiger partial charge >= 0.3 is 6.03 Å². The van der Waals surface area contributed by atoms with Gasteiger partial charge in [-0.3, -0.25) is 34.2 Å². The van der Waals surface area contributed by atoms with Crippen molar-refractivity contribution in [2.75, 3.05) is 43.5 Å². The molecule has 0 unspecified atom stereocenters. The summed E-state index contributed by atoms with van der Waals surface area (Å²) in [6.45, 7) is 6.88. The van der Waals surface area contributed by atoms with Crippen molar-refractivity contribution in [2.45, 2.75) is 103 Å². The Balaban J connectivity index is 0.836. The zero-order chi connectivity index (χ0) is 40.6. The number of nitrogens with zero attached hydrogens (tertiary/aromatic N) is 6. The summed E-state index contributed by atoms with van der Waals surface area (Å²) in [6.07, 6.45) is 13.4. The first-order chi connectivity index (χ1) is 28.0. The van der Waals surface area contributed by atoms with Gasteiger partial charge in [-0.1, -0.05) is 24.6 Å². The van der Waals surface area contributed by atoms with E-state index in [9.17, 15) is 19.2 Å². The number of ether oxygens (including phenoxy) is 1. The maximum Gasteiger partial charge on any atom is 0.328 e. The van der Waals surface area contributed by atoms with Crippen molar-refractivity contribution >= 4 is 57.6 Å². The number of carbonyl (C=O) groups is 4. The molecule has 14 heteroatoms. The van der Waals surface area contributed by atoms with Gasteiger partial charge in [0, 0.05) is 67.0 Å². The summed E-state index contributed by atoms with van der Waals surface area (Å²) in [4.78, 5) is 61.3. The van der Waals surface area contributed by atoms with E-state index in [2.05, 4.69) is 38.3 Å². The van der Waals surface area contributed by atoms with Crippen LogP contribution >= 0.6 is 11.6 Å². The summed E-state index contributed by atoms with van der Waals surface area (Å²) in [5.41, 5.74) is 3.81. The van der Waals surface area contributed by atoms with E-state index in [-0.39, 0.29) is 36.1 Å². The van der Waals surface area contributed by atoms with E-state index >= 15 is 0 Å². The molecule has 8 rings (SSSR count). The van der Waals surface area contributed by atoms with E-state index in [0.717, 1.165) is 74.8 Å². The largest absolute Gasteiger partial charge is 0.494 e. The Hall–Kier alpha value is -5.01. The van der Waals surface area contributed by atoms with Crippen LogP contribution < -0.4 is 20.3 Å². The van der Waals surface area contributed by atoms with Gasteiger partial charge in [-0.15, -0.1) is 0 Å². The van der Waals surface area contributed by atoms with Crippen molar-refractivity contribution in [1.29, 1.82) is 0 Å². The molecule has 2 saturated carbocycles. The predicted octanol–water partition coefficient (Wildman–Crippen LogP) is 7.77. The normalized spacial score (nSPS) is 21.4. The van der Waals surface area contributed by atoms with Crippen molar-refractivity contribution in [3.8, 4) is 5.75 Å². The summed E-state index contributed by atoms with van der Waals surface area (Å²) < 4.78 is 7.77. The third-order valence-corrected chi connectivity index (χ3v) is 13.5. The van der Waals surface area contributed by atoms with Crippen molar-refractivity contribution in [3.63, 3.8) is 0 Å². The number of fused-ring (bicyclic) bond motifs is 1. The quantitative estimate of drug-likeness (QED) is 0.175. The average Bonchev–Trinajstić information content (AvgIpc) is 3.65. The Labute approximate surface area is 344 Å². The number of methoxy groups -OCH3 is 1. The number of aromatic nitrogens is 3. The van der Waals surface area contributed by atoms with Gasteiger partial charge in [0.05, 0.1) is 35.1 Å². The molecule has 5 amide bonds. The number of imide groups is 1. The number of likely N-dealkylation sites (tertiary alicyclic amines) is 1. The standard InChI is InChI=1S/C44H53ClN8O5/c1-4-51(31-9-11-33(12-10-31)53-27-30-24-37(39(58-3)26-36(30)49-53)47-41(55)35-7-5-6-28(2)46-35)32-14-17-44(18-15-32)19-22-50(23-20-44)42(56)29-8-13-34(45)38(25-29)52-21-16-40(54)48-43(52)57/h5-8,13,24-27,31-33H,4,9-12,14-23H2,1-3H3,(H,47,55)(H,48,54,57)/t31-,33-. The number of piperidine rings is 1. The lowest BCUT2D eigenvalue weighted by atomic mass is 9.66. The molecular weight excluding hydrogens is 756 g/mol.